The quantitative estimate of drug-likeness (QED) is 0.569. The van der Waals surface area contributed by atoms with Crippen LogP contribution < -0.4 is 15.8 Å². The van der Waals surface area contributed by atoms with E-state index in [1.165, 1.54) is 10.9 Å². The van der Waals surface area contributed by atoms with Crippen molar-refractivity contribution in [3.63, 3.8) is 0 Å². The van der Waals surface area contributed by atoms with Crippen LogP contribution in [0.3, 0.4) is 0 Å². The number of hydrogen-bond acceptors (Lipinski definition) is 5. The van der Waals surface area contributed by atoms with Gasteiger partial charge in [-0.15, -0.1) is 0 Å². The molecule has 4 aliphatic carbocycles. The molecule has 0 aromatic carbocycles. The standard InChI is InChI=1S/C24H36N4O4/c1-14(2)13-32-21-18(12-26-28(21)6-5-23(3,4)22(25)30)20(29)27-19-16-7-15-8-17(19)11-24(31,9-15)10-16/h5-6,12,14-17,19,31H,7-11,13H2,1-4H3,(H2,25,30)(H,27,29). The molecule has 2 amide bonds. The van der Waals surface area contributed by atoms with Crippen LogP contribution in [0.2, 0.25) is 0 Å². The number of nitrogens with two attached hydrogens (primary N) is 1. The second kappa shape index (κ2) is 8.21. The van der Waals surface area contributed by atoms with Crippen molar-refractivity contribution in [1.29, 1.82) is 0 Å². The van der Waals surface area contributed by atoms with Crippen molar-refractivity contribution in [2.45, 2.75) is 71.4 Å². The summed E-state index contributed by atoms with van der Waals surface area (Å²) < 4.78 is 7.46. The fraction of sp³-hybridized carbons (Fsp3) is 0.708. The number of primary amides is 1. The number of aromatic nitrogens is 2. The molecule has 4 N–H and O–H groups in total. The van der Waals surface area contributed by atoms with Crippen molar-refractivity contribution in [3.05, 3.63) is 17.8 Å². The van der Waals surface area contributed by atoms with E-state index < -0.39 is 16.9 Å². The molecule has 0 spiro atoms. The monoisotopic (exact) mass is 444 g/mol. The SMILES string of the molecule is CC(C)COc1c(C(=O)NC2C3CC4CC2CC(O)(C4)C3)cnn1C=CC(C)(C)C(N)=O. The van der Waals surface area contributed by atoms with Gasteiger partial charge >= 0.3 is 0 Å². The number of nitrogens with zero attached hydrogens (tertiary/aromatic N) is 2. The Kier molecular flexibility index (Phi) is 5.86. The molecule has 32 heavy (non-hydrogen) atoms. The van der Waals surface area contributed by atoms with E-state index in [1.54, 1.807) is 26.1 Å². The molecule has 176 valence electrons. The van der Waals surface area contributed by atoms with Crippen LogP contribution in [0, 0.1) is 29.1 Å². The summed E-state index contributed by atoms with van der Waals surface area (Å²) in [4.78, 5) is 24.9. The van der Waals surface area contributed by atoms with Gasteiger partial charge in [-0.1, -0.05) is 19.9 Å². The molecule has 4 fully saturated rings. The Bertz CT molecular complexity index is 903. The summed E-state index contributed by atoms with van der Waals surface area (Å²) in [6.07, 6.45) is 9.39. The van der Waals surface area contributed by atoms with E-state index in [0.717, 1.165) is 32.1 Å². The number of ether oxygens (including phenoxy) is 1. The first-order chi connectivity index (χ1) is 15.0. The topological polar surface area (TPSA) is 119 Å². The van der Waals surface area contributed by atoms with Crippen molar-refractivity contribution in [2.24, 2.45) is 34.8 Å². The van der Waals surface area contributed by atoms with Gasteiger partial charge in [0.2, 0.25) is 11.8 Å². The molecule has 1 aromatic rings. The minimum Gasteiger partial charge on any atom is -0.477 e. The second-order valence-corrected chi connectivity index (χ2v) is 11.1. The summed E-state index contributed by atoms with van der Waals surface area (Å²) in [7, 11) is 0. The number of carbonyl (C=O) groups is 2. The first-order valence-electron chi connectivity index (χ1n) is 11.7. The van der Waals surface area contributed by atoms with Crippen LogP contribution >= 0.6 is 0 Å². The molecule has 4 bridgehead atoms. The average Bonchev–Trinajstić information content (AvgIpc) is 3.09. The lowest BCUT2D eigenvalue weighted by atomic mass is 9.52. The molecule has 1 heterocycles. The molecule has 2 atom stereocenters. The van der Waals surface area contributed by atoms with E-state index >= 15 is 0 Å². The molecule has 4 aliphatic rings. The Balaban J connectivity index is 1.54. The Labute approximate surface area is 189 Å². The van der Waals surface area contributed by atoms with E-state index in [2.05, 4.69) is 10.4 Å². The van der Waals surface area contributed by atoms with Gasteiger partial charge in [0.15, 0.2) is 0 Å². The Morgan fingerprint density at radius 1 is 1.34 bits per heavy atom. The van der Waals surface area contributed by atoms with Gasteiger partial charge < -0.3 is 20.9 Å². The largest absolute Gasteiger partial charge is 0.477 e. The van der Waals surface area contributed by atoms with Crippen molar-refractivity contribution in [2.75, 3.05) is 6.61 Å². The third-order valence-electron chi connectivity index (χ3n) is 7.35. The van der Waals surface area contributed by atoms with Crippen molar-refractivity contribution < 1.29 is 19.4 Å². The van der Waals surface area contributed by atoms with Crippen molar-refractivity contribution >= 4 is 18.0 Å². The molecule has 0 radical (unpaired) electrons. The third-order valence-corrected chi connectivity index (χ3v) is 7.35. The Morgan fingerprint density at radius 2 is 2.00 bits per heavy atom. The minimum atomic E-state index is -0.857. The van der Waals surface area contributed by atoms with Crippen LogP contribution in [0.15, 0.2) is 12.3 Å². The zero-order chi connectivity index (χ0) is 23.3. The van der Waals surface area contributed by atoms with Crippen LogP contribution in [0.25, 0.3) is 6.20 Å². The van der Waals surface area contributed by atoms with E-state index in [1.807, 2.05) is 13.8 Å². The van der Waals surface area contributed by atoms with Gasteiger partial charge in [-0.3, -0.25) is 9.59 Å². The van der Waals surface area contributed by atoms with Gasteiger partial charge in [0.1, 0.15) is 5.56 Å². The lowest BCUT2D eigenvalue weighted by molar-refractivity contribution is -0.137. The molecule has 5 rings (SSSR count). The van der Waals surface area contributed by atoms with E-state index in [4.69, 9.17) is 10.5 Å². The molecule has 4 saturated carbocycles. The predicted octanol–water partition coefficient (Wildman–Crippen LogP) is 2.57. The Morgan fingerprint density at radius 3 is 2.56 bits per heavy atom. The molecular weight excluding hydrogens is 408 g/mol. The molecule has 0 saturated heterocycles. The minimum absolute atomic E-state index is 0.0740. The summed E-state index contributed by atoms with van der Waals surface area (Å²) in [5.74, 6) is 1.19. The zero-order valence-corrected chi connectivity index (χ0v) is 19.5. The van der Waals surface area contributed by atoms with Gasteiger partial charge in [-0.25, -0.2) is 4.68 Å². The van der Waals surface area contributed by atoms with Gasteiger partial charge in [0.05, 0.1) is 23.8 Å². The summed E-state index contributed by atoms with van der Waals surface area (Å²) in [6.45, 7) is 7.94. The first kappa shape index (κ1) is 22.8. The summed E-state index contributed by atoms with van der Waals surface area (Å²) in [5, 5.41) is 18.4. The normalized spacial score (nSPS) is 31.4. The maximum Gasteiger partial charge on any atom is 0.258 e. The van der Waals surface area contributed by atoms with Crippen molar-refractivity contribution in [3.8, 4) is 5.88 Å². The van der Waals surface area contributed by atoms with Crippen LogP contribution in [0.4, 0.5) is 0 Å². The lowest BCUT2D eigenvalue weighted by Crippen LogP contribution is -2.61. The molecule has 8 nitrogen and oxygen atoms in total. The first-order valence-corrected chi connectivity index (χ1v) is 11.7. The number of amides is 2. The summed E-state index contributed by atoms with van der Waals surface area (Å²) in [5.41, 5.74) is 4.44. The number of nitrogens with one attached hydrogen (secondary N) is 1. The number of hydrogen-bond donors (Lipinski definition) is 3. The zero-order valence-electron chi connectivity index (χ0n) is 19.5. The molecule has 8 heteroatoms. The van der Waals surface area contributed by atoms with E-state index in [-0.39, 0.29) is 17.9 Å². The fourth-order valence-electron chi connectivity index (χ4n) is 5.79. The van der Waals surface area contributed by atoms with Gasteiger partial charge in [-0.2, -0.15) is 5.10 Å². The molecular formula is C24H36N4O4. The van der Waals surface area contributed by atoms with Gasteiger partial charge in [0, 0.05) is 12.2 Å². The lowest BCUT2D eigenvalue weighted by Gasteiger charge is -2.58. The maximum absolute atomic E-state index is 13.3. The maximum atomic E-state index is 13.3. The summed E-state index contributed by atoms with van der Waals surface area (Å²) >= 11 is 0. The second-order valence-electron chi connectivity index (χ2n) is 11.1. The van der Waals surface area contributed by atoms with Crippen LogP contribution in [-0.2, 0) is 4.79 Å². The highest BCUT2D eigenvalue weighted by Crippen LogP contribution is 2.55. The van der Waals surface area contributed by atoms with Gasteiger partial charge in [-0.05, 0) is 69.6 Å². The number of aliphatic hydroxyl groups is 1. The highest BCUT2D eigenvalue weighted by Gasteiger charge is 2.55. The molecule has 1 aromatic heterocycles. The highest BCUT2D eigenvalue weighted by atomic mass is 16.5. The number of carbonyl (C=O) groups excluding carboxylic acids is 2. The molecule has 2 unspecified atom stereocenters. The van der Waals surface area contributed by atoms with E-state index in [9.17, 15) is 14.7 Å². The fourth-order valence-corrected chi connectivity index (χ4v) is 5.79. The van der Waals surface area contributed by atoms with Crippen LogP contribution in [0.5, 0.6) is 5.88 Å². The van der Waals surface area contributed by atoms with Gasteiger partial charge in [0.25, 0.3) is 5.91 Å². The van der Waals surface area contributed by atoms with Crippen LogP contribution in [0.1, 0.15) is 70.2 Å². The predicted molar refractivity (Wildman–Crippen MR) is 121 cm³/mol. The number of rotatable bonds is 8. The van der Waals surface area contributed by atoms with E-state index in [0.29, 0.717) is 35.8 Å². The molecule has 0 aliphatic heterocycles. The van der Waals surface area contributed by atoms with Crippen LogP contribution in [-0.4, -0.2) is 45.0 Å². The Hall–Kier alpha value is -2.35. The smallest absolute Gasteiger partial charge is 0.258 e. The van der Waals surface area contributed by atoms with Crippen molar-refractivity contribution in [1.82, 2.24) is 15.1 Å². The highest BCUT2D eigenvalue weighted by molar-refractivity contribution is 5.96. The third kappa shape index (κ3) is 4.42. The summed E-state index contributed by atoms with van der Waals surface area (Å²) in [6, 6.07) is 0.0740. The average molecular weight is 445 g/mol.